The Morgan fingerprint density at radius 2 is 1.92 bits per heavy atom. The number of nitrogens with zero attached hydrogens (tertiary/aromatic N) is 3. The first-order valence-corrected chi connectivity index (χ1v) is 9.63. The Morgan fingerprint density at radius 1 is 1.23 bits per heavy atom. The predicted molar refractivity (Wildman–Crippen MR) is 110 cm³/mol. The average Bonchev–Trinajstić information content (AvgIpc) is 3.01. The van der Waals surface area contributed by atoms with Crippen molar-refractivity contribution in [2.45, 2.75) is 30.8 Å². The van der Waals surface area contributed by atoms with Crippen molar-refractivity contribution in [3.63, 3.8) is 0 Å². The number of hydrogen-bond donors (Lipinski definition) is 0. The normalized spacial score (nSPS) is 12.1. The number of benzene rings is 2. The minimum Gasteiger partial charge on any atom is -0.315 e. The molecule has 134 valence electrons. The number of aromatic nitrogens is 2. The van der Waals surface area contributed by atoms with Crippen molar-refractivity contribution in [2.24, 2.45) is 0 Å². The number of hydrogen-bond acceptors (Lipinski definition) is 3. The van der Waals surface area contributed by atoms with Crippen LogP contribution in [-0.4, -0.2) is 27.3 Å². The maximum atomic E-state index is 13.0. The van der Waals surface area contributed by atoms with Crippen LogP contribution in [0.2, 0.25) is 0 Å². The van der Waals surface area contributed by atoms with Crippen molar-refractivity contribution < 1.29 is 4.79 Å². The van der Waals surface area contributed by atoms with Gasteiger partial charge in [0.25, 0.3) is 0 Å². The molecule has 0 fully saturated rings. The molecule has 5 heteroatoms. The van der Waals surface area contributed by atoms with Crippen molar-refractivity contribution in [1.29, 1.82) is 0 Å². The topological polar surface area (TPSA) is 38.1 Å². The van der Waals surface area contributed by atoms with Crippen LogP contribution in [0.1, 0.15) is 13.8 Å². The summed E-state index contributed by atoms with van der Waals surface area (Å²) in [6, 6.07) is 17.8. The van der Waals surface area contributed by atoms with E-state index in [0.717, 1.165) is 21.9 Å². The Kier molecular flexibility index (Phi) is 5.78. The maximum Gasteiger partial charge on any atom is 0.240 e. The molecule has 1 heterocycles. The second kappa shape index (κ2) is 8.23. The van der Waals surface area contributed by atoms with Crippen molar-refractivity contribution in [1.82, 2.24) is 9.55 Å². The molecule has 0 aliphatic carbocycles. The summed E-state index contributed by atoms with van der Waals surface area (Å²) in [6.45, 7) is 9.08. The number of allylic oxidation sites excluding steroid dienone is 1. The van der Waals surface area contributed by atoms with Gasteiger partial charge in [-0.15, -0.1) is 6.58 Å². The highest BCUT2D eigenvalue weighted by Gasteiger charge is 2.24. The standard InChI is InChI=1S/C21H23N3OS/c1-4-15-24-19-14-10-9-13-18(19)22-21(24)26-16(3)20(25)23(5-2)17-11-7-6-8-12-17/h4,6-14,16H,1,5,15H2,2-3H3. The number of fused-ring (bicyclic) bond motifs is 1. The lowest BCUT2D eigenvalue weighted by Crippen LogP contribution is -2.36. The first-order chi connectivity index (χ1) is 12.7. The fourth-order valence-electron chi connectivity index (χ4n) is 2.95. The smallest absolute Gasteiger partial charge is 0.240 e. The third-order valence-corrected chi connectivity index (χ3v) is 5.29. The third-order valence-electron chi connectivity index (χ3n) is 4.21. The van der Waals surface area contributed by atoms with Gasteiger partial charge in [-0.2, -0.15) is 0 Å². The molecule has 2 aromatic carbocycles. The van der Waals surface area contributed by atoms with Crippen molar-refractivity contribution >= 4 is 34.4 Å². The minimum atomic E-state index is -0.240. The molecule has 0 saturated carbocycles. The second-order valence-electron chi connectivity index (χ2n) is 5.96. The molecule has 0 saturated heterocycles. The van der Waals surface area contributed by atoms with Gasteiger partial charge in [0.2, 0.25) is 5.91 Å². The van der Waals surface area contributed by atoms with Crippen LogP contribution in [0.4, 0.5) is 5.69 Å². The molecular weight excluding hydrogens is 342 g/mol. The summed E-state index contributed by atoms with van der Waals surface area (Å²) in [6.07, 6.45) is 1.85. The lowest BCUT2D eigenvalue weighted by molar-refractivity contribution is -0.117. The molecular formula is C21H23N3OS. The molecule has 0 aliphatic rings. The van der Waals surface area contributed by atoms with Gasteiger partial charge >= 0.3 is 0 Å². The number of amides is 1. The summed E-state index contributed by atoms with van der Waals surface area (Å²) >= 11 is 1.50. The zero-order chi connectivity index (χ0) is 18.5. The van der Waals surface area contributed by atoms with Crippen LogP contribution in [0.3, 0.4) is 0 Å². The van der Waals surface area contributed by atoms with Gasteiger partial charge in [-0.1, -0.05) is 48.2 Å². The Hall–Kier alpha value is -2.53. The van der Waals surface area contributed by atoms with E-state index < -0.39 is 0 Å². The Balaban J connectivity index is 1.86. The van der Waals surface area contributed by atoms with E-state index >= 15 is 0 Å². The van der Waals surface area contributed by atoms with Crippen molar-refractivity contribution in [2.75, 3.05) is 11.4 Å². The van der Waals surface area contributed by atoms with Gasteiger partial charge in [0.15, 0.2) is 5.16 Å². The van der Waals surface area contributed by atoms with E-state index in [-0.39, 0.29) is 11.2 Å². The van der Waals surface area contributed by atoms with Crippen LogP contribution in [0, 0.1) is 0 Å². The number of anilines is 1. The van der Waals surface area contributed by atoms with Crippen LogP contribution >= 0.6 is 11.8 Å². The SMILES string of the molecule is C=CCn1c(SC(C)C(=O)N(CC)c2ccccc2)nc2ccccc21. The van der Waals surface area contributed by atoms with Gasteiger partial charge in [-0.25, -0.2) is 4.98 Å². The summed E-state index contributed by atoms with van der Waals surface area (Å²) in [5, 5.41) is 0.603. The quantitative estimate of drug-likeness (QED) is 0.448. The van der Waals surface area contributed by atoms with E-state index in [0.29, 0.717) is 13.1 Å². The first kappa shape index (κ1) is 18.3. The number of para-hydroxylation sites is 3. The highest BCUT2D eigenvalue weighted by Crippen LogP contribution is 2.29. The molecule has 1 aromatic heterocycles. The fourth-order valence-corrected chi connectivity index (χ4v) is 3.95. The molecule has 1 atom stereocenters. The summed E-state index contributed by atoms with van der Waals surface area (Å²) < 4.78 is 2.11. The molecule has 1 amide bonds. The summed E-state index contributed by atoms with van der Waals surface area (Å²) in [5.74, 6) is 0.0842. The van der Waals surface area contributed by atoms with Crippen LogP contribution in [-0.2, 0) is 11.3 Å². The lowest BCUT2D eigenvalue weighted by atomic mass is 10.2. The number of thioether (sulfide) groups is 1. The number of rotatable bonds is 7. The zero-order valence-corrected chi connectivity index (χ0v) is 15.9. The van der Waals surface area contributed by atoms with Crippen molar-refractivity contribution in [3.8, 4) is 0 Å². The van der Waals surface area contributed by atoms with E-state index in [2.05, 4.69) is 11.1 Å². The average molecular weight is 366 g/mol. The molecule has 0 radical (unpaired) electrons. The summed E-state index contributed by atoms with van der Waals surface area (Å²) in [5.41, 5.74) is 2.92. The van der Waals surface area contributed by atoms with Gasteiger partial charge < -0.3 is 9.47 Å². The van der Waals surface area contributed by atoms with Gasteiger partial charge in [0, 0.05) is 18.8 Å². The largest absolute Gasteiger partial charge is 0.315 e. The van der Waals surface area contributed by atoms with Gasteiger partial charge in [-0.05, 0) is 38.1 Å². The molecule has 4 nitrogen and oxygen atoms in total. The molecule has 3 aromatic rings. The van der Waals surface area contributed by atoms with Gasteiger partial charge in [-0.3, -0.25) is 4.79 Å². The summed E-state index contributed by atoms with van der Waals surface area (Å²) in [4.78, 5) is 19.5. The Labute approximate surface area is 158 Å². The van der Waals surface area contributed by atoms with E-state index in [4.69, 9.17) is 4.98 Å². The van der Waals surface area contributed by atoms with Crippen LogP contribution in [0.25, 0.3) is 11.0 Å². The van der Waals surface area contributed by atoms with Crippen LogP contribution in [0.15, 0.2) is 72.4 Å². The number of imidazole rings is 1. The molecule has 0 N–H and O–H groups in total. The molecule has 0 aliphatic heterocycles. The van der Waals surface area contributed by atoms with Gasteiger partial charge in [0.05, 0.1) is 16.3 Å². The van der Waals surface area contributed by atoms with Gasteiger partial charge in [0.1, 0.15) is 0 Å². The third kappa shape index (κ3) is 3.68. The van der Waals surface area contributed by atoms with Crippen LogP contribution < -0.4 is 4.90 Å². The number of carbonyl (C=O) groups excluding carboxylic acids is 1. The van der Waals surface area contributed by atoms with Crippen LogP contribution in [0.5, 0.6) is 0 Å². The molecule has 0 spiro atoms. The molecule has 3 rings (SSSR count). The lowest BCUT2D eigenvalue weighted by Gasteiger charge is -2.24. The minimum absolute atomic E-state index is 0.0842. The molecule has 26 heavy (non-hydrogen) atoms. The first-order valence-electron chi connectivity index (χ1n) is 8.75. The Bertz CT molecular complexity index is 904. The number of carbonyl (C=O) groups is 1. The molecule has 0 bridgehead atoms. The van der Waals surface area contributed by atoms with E-state index in [1.807, 2.05) is 79.4 Å². The maximum absolute atomic E-state index is 13.0. The Morgan fingerprint density at radius 3 is 2.62 bits per heavy atom. The second-order valence-corrected chi connectivity index (χ2v) is 7.27. The van der Waals surface area contributed by atoms with E-state index in [9.17, 15) is 4.79 Å². The molecule has 1 unspecified atom stereocenters. The van der Waals surface area contributed by atoms with Crippen molar-refractivity contribution in [3.05, 3.63) is 67.3 Å². The highest BCUT2D eigenvalue weighted by atomic mass is 32.2. The monoisotopic (exact) mass is 365 g/mol. The highest BCUT2D eigenvalue weighted by molar-refractivity contribution is 8.00. The van der Waals surface area contributed by atoms with E-state index in [1.165, 1.54) is 11.8 Å². The zero-order valence-electron chi connectivity index (χ0n) is 15.1. The summed E-state index contributed by atoms with van der Waals surface area (Å²) in [7, 11) is 0. The van der Waals surface area contributed by atoms with E-state index in [1.54, 1.807) is 0 Å². The predicted octanol–water partition coefficient (Wildman–Crippen LogP) is 4.76. The fraction of sp³-hybridized carbons (Fsp3) is 0.238.